The Balaban J connectivity index is 1.37. The van der Waals surface area contributed by atoms with E-state index in [0.717, 1.165) is 35.4 Å². The second-order valence-corrected chi connectivity index (χ2v) is 13.5. The van der Waals surface area contributed by atoms with Crippen LogP contribution in [-0.2, 0) is 22.3 Å². The fourth-order valence-corrected chi connectivity index (χ4v) is 8.45. The Kier molecular flexibility index (Phi) is 8.71. The lowest BCUT2D eigenvalue weighted by atomic mass is 9.89. The van der Waals surface area contributed by atoms with Crippen LogP contribution in [0, 0.1) is 19.8 Å². The first-order valence-electron chi connectivity index (χ1n) is 14.9. The Morgan fingerprint density at radius 2 is 1.63 bits per heavy atom. The number of aromatic nitrogens is 3. The maximum atomic E-state index is 14.1. The number of aryl methyl sites for hydroxylation is 2. The zero-order valence-corrected chi connectivity index (χ0v) is 27.8. The van der Waals surface area contributed by atoms with E-state index in [-0.39, 0.29) is 28.2 Å². The molecule has 0 saturated heterocycles. The van der Waals surface area contributed by atoms with Crippen LogP contribution in [-0.4, -0.2) is 51.8 Å². The standard InChI is InChI=1S/C35H33N3O6S2/c1-19-11-12-26-29(13-19)46-31-30(26)32(40)38(24-9-7-6-8-10-24)35(36-31)45-18-28(39)27-14-20(2)37(21(27)3)25-16-22(33(41)43-4)15-23(17-25)34(42)44-5/h6-10,14-17,19H,11-13,18H2,1-5H3/t19-/m0/s1. The van der Waals surface area contributed by atoms with Crippen molar-refractivity contribution in [3.63, 3.8) is 0 Å². The van der Waals surface area contributed by atoms with Gasteiger partial charge < -0.3 is 14.0 Å². The maximum Gasteiger partial charge on any atom is 0.337 e. The molecule has 0 amide bonds. The van der Waals surface area contributed by atoms with Gasteiger partial charge in [-0.1, -0.05) is 36.9 Å². The first-order valence-corrected chi connectivity index (χ1v) is 16.7. The third kappa shape index (κ3) is 5.69. The van der Waals surface area contributed by atoms with Crippen LogP contribution in [0.2, 0.25) is 0 Å². The molecule has 3 heterocycles. The summed E-state index contributed by atoms with van der Waals surface area (Å²) in [6.45, 7) is 5.90. The van der Waals surface area contributed by atoms with Gasteiger partial charge in [0.25, 0.3) is 5.56 Å². The molecule has 1 atom stereocenters. The van der Waals surface area contributed by atoms with Gasteiger partial charge in [0.05, 0.1) is 42.2 Å². The van der Waals surface area contributed by atoms with Crippen molar-refractivity contribution in [2.45, 2.75) is 45.2 Å². The van der Waals surface area contributed by atoms with E-state index in [1.54, 1.807) is 34.1 Å². The first kappa shape index (κ1) is 31.5. The van der Waals surface area contributed by atoms with Crippen molar-refractivity contribution in [3.05, 3.63) is 103 Å². The highest BCUT2D eigenvalue weighted by Gasteiger charge is 2.26. The number of carbonyl (C=O) groups is 3. The zero-order chi connectivity index (χ0) is 32.7. The predicted octanol–water partition coefficient (Wildman–Crippen LogP) is 6.53. The third-order valence-electron chi connectivity index (χ3n) is 8.39. The molecule has 0 fully saturated rings. The van der Waals surface area contributed by atoms with Crippen LogP contribution in [0.4, 0.5) is 0 Å². The van der Waals surface area contributed by atoms with Gasteiger partial charge in [0.2, 0.25) is 0 Å². The Labute approximate surface area is 274 Å². The molecule has 5 aromatic rings. The minimum atomic E-state index is -0.600. The highest BCUT2D eigenvalue weighted by Crippen LogP contribution is 2.37. The number of esters is 2. The van der Waals surface area contributed by atoms with Gasteiger partial charge >= 0.3 is 11.9 Å². The molecule has 0 N–H and O–H groups in total. The molecule has 3 aromatic heterocycles. The molecule has 6 rings (SSSR count). The van der Waals surface area contributed by atoms with Crippen molar-refractivity contribution in [1.29, 1.82) is 0 Å². The van der Waals surface area contributed by atoms with E-state index in [2.05, 4.69) is 6.92 Å². The molecule has 0 spiro atoms. The third-order valence-corrected chi connectivity index (χ3v) is 10.5. The van der Waals surface area contributed by atoms with E-state index >= 15 is 0 Å². The summed E-state index contributed by atoms with van der Waals surface area (Å²) >= 11 is 2.83. The SMILES string of the molecule is COC(=O)c1cc(C(=O)OC)cc(-n2c(C)cc(C(=O)CSc3nc4sc5c(c4c(=O)n3-c3ccccc3)CC[C@H](C)C5)c2C)c1. The lowest BCUT2D eigenvalue weighted by Crippen LogP contribution is -2.23. The summed E-state index contributed by atoms with van der Waals surface area (Å²) in [5, 5.41) is 1.15. The smallest absolute Gasteiger partial charge is 0.337 e. The molecule has 11 heteroatoms. The molecular weight excluding hydrogens is 623 g/mol. The summed E-state index contributed by atoms with van der Waals surface area (Å²) in [6, 6.07) is 15.8. The van der Waals surface area contributed by atoms with Gasteiger partial charge in [0.1, 0.15) is 4.83 Å². The van der Waals surface area contributed by atoms with Gasteiger partial charge in [-0.25, -0.2) is 14.6 Å². The topological polar surface area (TPSA) is 109 Å². The number of ether oxygens (including phenoxy) is 2. The number of nitrogens with zero attached hydrogens (tertiary/aromatic N) is 3. The summed E-state index contributed by atoms with van der Waals surface area (Å²) in [5.41, 5.74) is 4.46. The van der Waals surface area contributed by atoms with Gasteiger partial charge in [-0.3, -0.25) is 14.2 Å². The molecule has 1 aliphatic carbocycles. The summed E-state index contributed by atoms with van der Waals surface area (Å²) in [6.07, 6.45) is 2.86. The Hall–Kier alpha value is -4.48. The number of benzene rings is 2. The van der Waals surface area contributed by atoms with Gasteiger partial charge in [-0.2, -0.15) is 0 Å². The molecule has 0 radical (unpaired) electrons. The normalized spacial score (nSPS) is 14.2. The number of methoxy groups -OCH3 is 2. The van der Waals surface area contributed by atoms with Crippen LogP contribution >= 0.6 is 23.1 Å². The maximum absolute atomic E-state index is 14.1. The van der Waals surface area contributed by atoms with E-state index in [0.29, 0.717) is 39.1 Å². The molecule has 236 valence electrons. The van der Waals surface area contributed by atoms with E-state index < -0.39 is 11.9 Å². The number of thioether (sulfide) groups is 1. The Bertz CT molecular complexity index is 2040. The summed E-state index contributed by atoms with van der Waals surface area (Å²) in [4.78, 5) is 59.6. The van der Waals surface area contributed by atoms with Gasteiger partial charge in [-0.15, -0.1) is 11.3 Å². The minimum absolute atomic E-state index is 0.0484. The second-order valence-electron chi connectivity index (χ2n) is 11.5. The van der Waals surface area contributed by atoms with Gasteiger partial charge in [0, 0.05) is 27.5 Å². The molecule has 0 aliphatic heterocycles. The number of para-hydroxylation sites is 1. The van der Waals surface area contributed by atoms with Crippen molar-refractivity contribution in [3.8, 4) is 11.4 Å². The van der Waals surface area contributed by atoms with Crippen molar-refractivity contribution < 1.29 is 23.9 Å². The quantitative estimate of drug-likeness (QED) is 0.0804. The number of rotatable bonds is 8. The second kappa shape index (κ2) is 12.7. The molecule has 2 aromatic carbocycles. The molecule has 0 bridgehead atoms. The average Bonchev–Trinajstić information content (AvgIpc) is 3.58. The summed E-state index contributed by atoms with van der Waals surface area (Å²) in [7, 11) is 2.54. The van der Waals surface area contributed by atoms with E-state index in [4.69, 9.17) is 14.5 Å². The molecular formula is C35H33N3O6S2. The molecule has 0 saturated carbocycles. The van der Waals surface area contributed by atoms with E-state index in [1.165, 1.54) is 36.9 Å². The Morgan fingerprint density at radius 3 is 2.28 bits per heavy atom. The summed E-state index contributed by atoms with van der Waals surface area (Å²) in [5.74, 6) is -0.728. The van der Waals surface area contributed by atoms with Crippen molar-refractivity contribution in [1.82, 2.24) is 14.1 Å². The number of thiophene rings is 1. The minimum Gasteiger partial charge on any atom is -0.465 e. The number of hydrogen-bond acceptors (Lipinski definition) is 9. The number of ketones is 1. The first-order chi connectivity index (χ1) is 22.1. The number of Topliss-reactive ketones (excluding diaryl/α,β-unsaturated/α-hetero) is 1. The van der Waals surface area contributed by atoms with E-state index in [9.17, 15) is 19.2 Å². The van der Waals surface area contributed by atoms with Crippen molar-refractivity contribution >= 4 is 51.0 Å². The van der Waals surface area contributed by atoms with Crippen LogP contribution in [0.15, 0.2) is 64.5 Å². The van der Waals surface area contributed by atoms with Gasteiger partial charge in [-0.05, 0) is 81.0 Å². The lowest BCUT2D eigenvalue weighted by molar-refractivity contribution is 0.0598. The highest BCUT2D eigenvalue weighted by atomic mass is 32.2. The molecule has 0 unspecified atom stereocenters. The van der Waals surface area contributed by atoms with E-state index in [1.807, 2.05) is 48.7 Å². The zero-order valence-electron chi connectivity index (χ0n) is 26.2. The van der Waals surface area contributed by atoms with Gasteiger partial charge in [0.15, 0.2) is 10.9 Å². The fourth-order valence-electron chi connectivity index (χ4n) is 6.13. The number of fused-ring (bicyclic) bond motifs is 3. The van der Waals surface area contributed by atoms with Crippen LogP contribution in [0.5, 0.6) is 0 Å². The van der Waals surface area contributed by atoms with Crippen LogP contribution in [0.1, 0.15) is 66.2 Å². The summed E-state index contributed by atoms with van der Waals surface area (Å²) < 4.78 is 13.2. The number of hydrogen-bond donors (Lipinski definition) is 0. The van der Waals surface area contributed by atoms with Crippen molar-refractivity contribution in [2.24, 2.45) is 5.92 Å². The average molecular weight is 656 g/mol. The van der Waals surface area contributed by atoms with Crippen LogP contribution in [0.3, 0.4) is 0 Å². The predicted molar refractivity (Wildman–Crippen MR) is 179 cm³/mol. The van der Waals surface area contributed by atoms with Crippen LogP contribution < -0.4 is 5.56 Å². The fraction of sp³-hybridized carbons (Fsp3) is 0.286. The molecule has 1 aliphatic rings. The molecule has 9 nitrogen and oxygen atoms in total. The molecule has 46 heavy (non-hydrogen) atoms. The highest BCUT2D eigenvalue weighted by molar-refractivity contribution is 7.99. The lowest BCUT2D eigenvalue weighted by Gasteiger charge is -2.17. The monoisotopic (exact) mass is 655 g/mol. The Morgan fingerprint density at radius 1 is 0.957 bits per heavy atom. The van der Waals surface area contributed by atoms with Crippen molar-refractivity contribution in [2.75, 3.05) is 20.0 Å². The largest absolute Gasteiger partial charge is 0.465 e. The number of carbonyl (C=O) groups excluding carboxylic acids is 3. The van der Waals surface area contributed by atoms with Crippen LogP contribution in [0.25, 0.3) is 21.6 Å².